The van der Waals surface area contributed by atoms with Crippen LogP contribution in [0.25, 0.3) is 0 Å². The van der Waals surface area contributed by atoms with Crippen LogP contribution in [0.1, 0.15) is 13.3 Å². The number of terminal acetylenes is 1. The van der Waals surface area contributed by atoms with Crippen LogP contribution < -0.4 is 16.0 Å². The first kappa shape index (κ1) is 20.6. The van der Waals surface area contributed by atoms with Gasteiger partial charge in [0.1, 0.15) is 0 Å². The fourth-order valence-electron chi connectivity index (χ4n) is 3.63. The van der Waals surface area contributed by atoms with Gasteiger partial charge in [0.25, 0.3) is 0 Å². The maximum Gasteiger partial charge on any atom is 0.220 e. The molecule has 6 nitrogen and oxygen atoms in total. The molecule has 0 spiro atoms. The van der Waals surface area contributed by atoms with E-state index in [1.54, 1.807) is 6.08 Å². The summed E-state index contributed by atoms with van der Waals surface area (Å²) >= 11 is 6.40. The Bertz CT molecular complexity index is 843. The molecule has 0 fully saturated rings. The molecule has 0 bridgehead atoms. The predicted molar refractivity (Wildman–Crippen MR) is 114 cm³/mol. The van der Waals surface area contributed by atoms with Gasteiger partial charge in [0, 0.05) is 49.7 Å². The number of likely N-dealkylation sites (N-methyl/N-ethyl adjacent to an activating group) is 1. The highest BCUT2D eigenvalue weighted by molar-refractivity contribution is 6.44. The van der Waals surface area contributed by atoms with Gasteiger partial charge in [0.05, 0.1) is 10.7 Å². The molecule has 0 radical (unpaired) electrons. The molecular formula is C21H26ClN5O. The Balaban J connectivity index is 1.74. The number of amides is 1. The average Bonchev–Trinajstić information content (AvgIpc) is 2.60. The van der Waals surface area contributed by atoms with Gasteiger partial charge in [0.2, 0.25) is 5.91 Å². The van der Waals surface area contributed by atoms with Crippen molar-refractivity contribution >= 4 is 23.2 Å². The third-order valence-corrected chi connectivity index (χ3v) is 4.95. The molecule has 3 N–H and O–H groups in total. The van der Waals surface area contributed by atoms with Gasteiger partial charge in [-0.05, 0) is 31.8 Å². The zero-order valence-electron chi connectivity index (χ0n) is 16.4. The van der Waals surface area contributed by atoms with Crippen molar-refractivity contribution in [2.24, 2.45) is 10.9 Å². The van der Waals surface area contributed by atoms with Crippen LogP contribution in [0, 0.1) is 18.3 Å². The van der Waals surface area contributed by atoms with Crippen LogP contribution in [-0.4, -0.2) is 56.0 Å². The Morgan fingerprint density at radius 1 is 1.43 bits per heavy atom. The van der Waals surface area contributed by atoms with E-state index in [4.69, 9.17) is 23.0 Å². The molecule has 2 aliphatic carbocycles. The molecule has 1 heterocycles. The summed E-state index contributed by atoms with van der Waals surface area (Å²) in [6.07, 6.45) is 14.0. The molecule has 0 aromatic heterocycles. The fraction of sp³-hybridized carbons (Fsp3) is 0.429. The molecule has 3 rings (SSSR count). The maximum absolute atomic E-state index is 11.5. The summed E-state index contributed by atoms with van der Waals surface area (Å²) in [7, 11) is 4.04. The zero-order valence-corrected chi connectivity index (χ0v) is 17.2. The monoisotopic (exact) mass is 399 g/mol. The summed E-state index contributed by atoms with van der Waals surface area (Å²) in [5.41, 5.74) is 3.69. The van der Waals surface area contributed by atoms with Crippen LogP contribution in [0.4, 0.5) is 0 Å². The highest BCUT2D eigenvalue weighted by Crippen LogP contribution is 2.26. The third-order valence-electron chi connectivity index (χ3n) is 4.65. The molecule has 1 amide bonds. The van der Waals surface area contributed by atoms with E-state index in [2.05, 4.69) is 32.8 Å². The van der Waals surface area contributed by atoms with Crippen molar-refractivity contribution in [3.63, 3.8) is 0 Å². The van der Waals surface area contributed by atoms with Crippen LogP contribution >= 0.6 is 11.6 Å². The van der Waals surface area contributed by atoms with Crippen molar-refractivity contribution in [2.45, 2.75) is 25.7 Å². The summed E-state index contributed by atoms with van der Waals surface area (Å²) < 4.78 is 0. The van der Waals surface area contributed by atoms with Crippen LogP contribution in [0.15, 0.2) is 51.2 Å². The lowest BCUT2D eigenvalue weighted by atomic mass is 9.93. The van der Waals surface area contributed by atoms with E-state index >= 15 is 0 Å². The number of hydrogen-bond donors (Lipinski definition) is 3. The van der Waals surface area contributed by atoms with Gasteiger partial charge in [-0.1, -0.05) is 29.7 Å². The minimum absolute atomic E-state index is 0.0448. The van der Waals surface area contributed by atoms with Gasteiger partial charge in [-0.15, -0.1) is 6.42 Å². The number of allylic oxidation sites excluding steroid dienone is 3. The molecule has 0 aromatic carbocycles. The Morgan fingerprint density at radius 2 is 2.21 bits per heavy atom. The van der Waals surface area contributed by atoms with Gasteiger partial charge < -0.3 is 10.2 Å². The largest absolute Gasteiger partial charge is 0.330 e. The van der Waals surface area contributed by atoms with Gasteiger partial charge >= 0.3 is 0 Å². The Morgan fingerprint density at radius 3 is 2.89 bits per heavy atom. The lowest BCUT2D eigenvalue weighted by Gasteiger charge is -2.33. The molecule has 1 aliphatic heterocycles. The molecule has 0 saturated carbocycles. The number of nitrogens with zero attached hydrogens (tertiary/aromatic N) is 2. The Labute approximate surface area is 171 Å². The molecule has 0 aromatic rings. The second-order valence-corrected chi connectivity index (χ2v) is 7.90. The molecule has 3 atom stereocenters. The predicted octanol–water partition coefficient (Wildman–Crippen LogP) is 1.50. The van der Waals surface area contributed by atoms with Crippen LogP contribution in [-0.2, 0) is 4.79 Å². The lowest BCUT2D eigenvalue weighted by molar-refractivity contribution is -0.118. The minimum atomic E-state index is -0.257. The minimum Gasteiger partial charge on any atom is -0.330 e. The Hall–Kier alpha value is -2.17. The van der Waals surface area contributed by atoms with E-state index in [-0.39, 0.29) is 24.2 Å². The van der Waals surface area contributed by atoms with E-state index in [9.17, 15) is 4.79 Å². The normalized spacial score (nSPS) is 26.9. The quantitative estimate of drug-likeness (QED) is 0.613. The molecule has 0 saturated heterocycles. The summed E-state index contributed by atoms with van der Waals surface area (Å²) in [5, 5.41) is 10.4. The first-order valence-corrected chi connectivity index (χ1v) is 9.68. The smallest absolute Gasteiger partial charge is 0.220 e. The number of carbonyl (C=O) groups is 1. The van der Waals surface area contributed by atoms with Gasteiger partial charge in [-0.2, -0.15) is 0 Å². The van der Waals surface area contributed by atoms with Gasteiger partial charge in [-0.25, -0.2) is 0 Å². The van der Waals surface area contributed by atoms with E-state index < -0.39 is 0 Å². The lowest BCUT2D eigenvalue weighted by Crippen LogP contribution is -2.52. The second kappa shape index (κ2) is 8.89. The van der Waals surface area contributed by atoms with Crippen molar-refractivity contribution < 1.29 is 4.79 Å². The summed E-state index contributed by atoms with van der Waals surface area (Å²) in [5.74, 6) is 2.66. The summed E-state index contributed by atoms with van der Waals surface area (Å²) in [6.45, 7) is 3.03. The molecule has 148 valence electrons. The van der Waals surface area contributed by atoms with Gasteiger partial charge in [0.15, 0.2) is 6.29 Å². The van der Waals surface area contributed by atoms with E-state index in [1.165, 1.54) is 6.92 Å². The topological polar surface area (TPSA) is 68.8 Å². The number of aliphatic imine (C=N–C) groups is 1. The maximum atomic E-state index is 11.5. The van der Waals surface area contributed by atoms with Crippen molar-refractivity contribution in [3.8, 4) is 12.3 Å². The molecule has 3 unspecified atom stereocenters. The summed E-state index contributed by atoms with van der Waals surface area (Å²) in [6, 6.07) is 0.0448. The zero-order chi connectivity index (χ0) is 20.3. The SMILES string of the molecule is C#CC1=CC2CNC(NC3C=C(CN(C)C)C=C(NC(C)=O)C3)N=C2C(Cl)=C1. The number of rotatable bonds is 5. The number of carbonyl (C=O) groups excluding carboxylic acids is 1. The third kappa shape index (κ3) is 5.21. The fourth-order valence-corrected chi connectivity index (χ4v) is 3.93. The van der Waals surface area contributed by atoms with Gasteiger partial charge in [-0.3, -0.25) is 20.4 Å². The molecular weight excluding hydrogens is 374 g/mol. The summed E-state index contributed by atoms with van der Waals surface area (Å²) in [4.78, 5) is 18.4. The number of hydrogen-bond acceptors (Lipinski definition) is 5. The van der Waals surface area contributed by atoms with E-state index in [1.807, 2.05) is 26.2 Å². The van der Waals surface area contributed by atoms with Crippen molar-refractivity contribution in [1.82, 2.24) is 20.9 Å². The van der Waals surface area contributed by atoms with Crippen LogP contribution in [0.5, 0.6) is 0 Å². The van der Waals surface area contributed by atoms with Crippen molar-refractivity contribution in [3.05, 3.63) is 46.2 Å². The first-order valence-electron chi connectivity index (χ1n) is 9.30. The standard InChI is InChI=1S/C21H26ClN5O/c1-5-14-6-16-11-23-21(26-20(16)19(22)9-14)25-18-8-15(12-27(3)4)7-17(10-18)24-13(2)28/h1,6-9,16,18,21,23,25H,10-12H2,2-4H3,(H,24,28). The highest BCUT2D eigenvalue weighted by atomic mass is 35.5. The average molecular weight is 400 g/mol. The molecule has 7 heteroatoms. The van der Waals surface area contributed by atoms with Crippen LogP contribution in [0.2, 0.25) is 0 Å². The van der Waals surface area contributed by atoms with Crippen molar-refractivity contribution in [1.29, 1.82) is 0 Å². The highest BCUT2D eigenvalue weighted by Gasteiger charge is 2.28. The Kier molecular flexibility index (Phi) is 6.53. The second-order valence-electron chi connectivity index (χ2n) is 7.50. The number of nitrogens with one attached hydrogen (secondary N) is 3. The van der Waals surface area contributed by atoms with E-state index in [0.717, 1.165) is 29.1 Å². The van der Waals surface area contributed by atoms with E-state index in [0.29, 0.717) is 18.0 Å². The number of fused-ring (bicyclic) bond motifs is 1. The first-order chi connectivity index (χ1) is 13.3. The van der Waals surface area contributed by atoms with Crippen LogP contribution in [0.3, 0.4) is 0 Å². The number of halogens is 1. The molecule has 3 aliphatic rings. The molecule has 28 heavy (non-hydrogen) atoms. The van der Waals surface area contributed by atoms with Crippen molar-refractivity contribution in [2.75, 3.05) is 27.2 Å².